The summed E-state index contributed by atoms with van der Waals surface area (Å²) in [5.74, 6) is 1.35. The van der Waals surface area contributed by atoms with Crippen LogP contribution in [0.3, 0.4) is 0 Å². The molecule has 0 radical (unpaired) electrons. The van der Waals surface area contributed by atoms with Gasteiger partial charge < -0.3 is 33.3 Å². The van der Waals surface area contributed by atoms with Crippen molar-refractivity contribution in [1.82, 2.24) is 0 Å². The molecule has 154 valence electrons. The lowest BCUT2D eigenvalue weighted by Crippen LogP contribution is -2.24. The lowest BCUT2D eigenvalue weighted by molar-refractivity contribution is 0.0300. The fraction of sp³-hybridized carbons (Fsp3) is 0.400. The first kappa shape index (κ1) is 22.6. The van der Waals surface area contributed by atoms with Crippen LogP contribution in [0.4, 0.5) is 0 Å². The summed E-state index contributed by atoms with van der Waals surface area (Å²) in [6, 6.07) is 18.4. The van der Waals surface area contributed by atoms with E-state index >= 15 is 0 Å². The summed E-state index contributed by atoms with van der Waals surface area (Å²) < 4.78 is 27.3. The highest BCUT2D eigenvalue weighted by Crippen LogP contribution is 2.39. The van der Waals surface area contributed by atoms with Crippen LogP contribution in [0, 0.1) is 0 Å². The van der Waals surface area contributed by atoms with E-state index in [1.165, 1.54) is 0 Å². The molecule has 28 heavy (non-hydrogen) atoms. The molecule has 0 amide bonds. The monoisotopic (exact) mass is 410 g/mol. The van der Waals surface area contributed by atoms with E-state index in [-0.39, 0.29) is 26.4 Å². The number of aliphatic hydroxyl groups excluding tert-OH is 2. The number of aliphatic hydroxyl groups is 2. The van der Waals surface area contributed by atoms with E-state index in [9.17, 15) is 10.2 Å². The smallest absolute Gasteiger partial charge is 0.332 e. The number of hydrogen-bond acceptors (Lipinski definition) is 7. The van der Waals surface area contributed by atoms with Gasteiger partial charge in [0.1, 0.15) is 36.9 Å². The van der Waals surface area contributed by atoms with Gasteiger partial charge in [-0.15, -0.1) is 0 Å². The minimum absolute atomic E-state index is 0.00481. The third-order valence-electron chi connectivity index (χ3n) is 3.35. The molecule has 0 bridgehead atoms. The van der Waals surface area contributed by atoms with Crippen LogP contribution >= 0.6 is 8.60 Å². The molecule has 2 atom stereocenters. The van der Waals surface area contributed by atoms with Crippen LogP contribution < -0.4 is 9.47 Å². The highest BCUT2D eigenvalue weighted by atomic mass is 31.2. The predicted octanol–water partition coefficient (Wildman–Crippen LogP) is 3.16. The van der Waals surface area contributed by atoms with Crippen molar-refractivity contribution < 1.29 is 33.3 Å². The molecule has 7 nitrogen and oxygen atoms in total. The highest BCUT2D eigenvalue weighted by molar-refractivity contribution is 7.41. The summed E-state index contributed by atoms with van der Waals surface area (Å²) in [7, 11) is -1.69. The molecular formula is C20H27O7P. The molecule has 2 unspecified atom stereocenters. The Hall–Kier alpha value is -1.73. The van der Waals surface area contributed by atoms with Crippen LogP contribution in [0.2, 0.25) is 0 Å². The van der Waals surface area contributed by atoms with Crippen molar-refractivity contribution in [1.29, 1.82) is 0 Å². The summed E-state index contributed by atoms with van der Waals surface area (Å²) in [6.07, 6.45) is -1.67. The summed E-state index contributed by atoms with van der Waals surface area (Å²) >= 11 is 0. The summed E-state index contributed by atoms with van der Waals surface area (Å²) in [5.41, 5.74) is 0. The van der Waals surface area contributed by atoms with Crippen molar-refractivity contribution in [2.24, 2.45) is 0 Å². The average Bonchev–Trinajstić information content (AvgIpc) is 2.74. The Morgan fingerprint density at radius 2 is 1.11 bits per heavy atom. The van der Waals surface area contributed by atoms with Crippen molar-refractivity contribution >= 4 is 8.60 Å². The van der Waals surface area contributed by atoms with Crippen molar-refractivity contribution in [3.63, 3.8) is 0 Å². The summed E-state index contributed by atoms with van der Waals surface area (Å²) in [6.45, 7) is 2.37. The van der Waals surface area contributed by atoms with Gasteiger partial charge in [-0.1, -0.05) is 36.4 Å². The Labute approximate surface area is 166 Å². The lowest BCUT2D eigenvalue weighted by atomic mass is 10.3. The minimum atomic E-state index is -1.69. The molecule has 8 heteroatoms. The van der Waals surface area contributed by atoms with Crippen molar-refractivity contribution in [2.75, 3.05) is 33.0 Å². The van der Waals surface area contributed by atoms with Gasteiger partial charge in [0, 0.05) is 0 Å². The fourth-order valence-corrected chi connectivity index (χ4v) is 3.05. The van der Waals surface area contributed by atoms with Gasteiger partial charge in [0.25, 0.3) is 0 Å². The SMILES string of the molecule is CCOP(OCC(O)COc1ccccc1)OCC(O)COc1ccccc1. The molecule has 0 saturated heterocycles. The van der Waals surface area contributed by atoms with E-state index in [4.69, 9.17) is 23.0 Å². The van der Waals surface area contributed by atoms with Crippen LogP contribution in [0.1, 0.15) is 6.92 Å². The van der Waals surface area contributed by atoms with Crippen LogP contribution in [-0.2, 0) is 13.6 Å². The van der Waals surface area contributed by atoms with E-state index < -0.39 is 20.8 Å². The first-order valence-electron chi connectivity index (χ1n) is 9.08. The molecule has 0 saturated carbocycles. The molecule has 0 aliphatic heterocycles. The Kier molecular flexibility index (Phi) is 10.8. The maximum absolute atomic E-state index is 10.00. The molecule has 0 heterocycles. The molecule has 0 aliphatic rings. The Morgan fingerprint density at radius 3 is 1.50 bits per heavy atom. The third kappa shape index (κ3) is 9.46. The van der Waals surface area contributed by atoms with E-state index in [0.29, 0.717) is 18.1 Å². The van der Waals surface area contributed by atoms with Crippen molar-refractivity contribution in [3.8, 4) is 11.5 Å². The predicted molar refractivity (Wildman–Crippen MR) is 106 cm³/mol. The first-order chi connectivity index (χ1) is 13.7. The van der Waals surface area contributed by atoms with E-state index in [2.05, 4.69) is 0 Å². The van der Waals surface area contributed by atoms with Gasteiger partial charge in [0.05, 0.1) is 19.8 Å². The zero-order chi connectivity index (χ0) is 20.0. The number of ether oxygens (including phenoxy) is 2. The van der Waals surface area contributed by atoms with E-state index in [1.807, 2.05) is 67.6 Å². The van der Waals surface area contributed by atoms with Gasteiger partial charge in [-0.25, -0.2) is 0 Å². The van der Waals surface area contributed by atoms with Gasteiger partial charge in [-0.05, 0) is 31.2 Å². The van der Waals surface area contributed by atoms with Crippen molar-refractivity contribution in [2.45, 2.75) is 19.1 Å². The zero-order valence-corrected chi connectivity index (χ0v) is 16.7. The van der Waals surface area contributed by atoms with E-state index in [0.717, 1.165) is 0 Å². The van der Waals surface area contributed by atoms with Gasteiger partial charge in [0.15, 0.2) is 0 Å². The van der Waals surface area contributed by atoms with Crippen LogP contribution in [-0.4, -0.2) is 55.5 Å². The molecule has 2 aromatic rings. The molecule has 2 rings (SSSR count). The average molecular weight is 410 g/mol. The van der Waals surface area contributed by atoms with E-state index in [1.54, 1.807) is 0 Å². The summed E-state index contributed by atoms with van der Waals surface area (Å²) in [5, 5.41) is 20.0. The van der Waals surface area contributed by atoms with Crippen molar-refractivity contribution in [3.05, 3.63) is 60.7 Å². The second-order valence-corrected chi connectivity index (χ2v) is 7.01. The topological polar surface area (TPSA) is 86.6 Å². The number of para-hydroxylation sites is 2. The third-order valence-corrected chi connectivity index (χ3v) is 4.54. The van der Waals surface area contributed by atoms with Gasteiger partial charge in [-0.2, -0.15) is 0 Å². The molecule has 0 aliphatic carbocycles. The largest absolute Gasteiger partial charge is 0.491 e. The molecule has 0 aromatic heterocycles. The summed E-state index contributed by atoms with van der Waals surface area (Å²) in [4.78, 5) is 0. The fourth-order valence-electron chi connectivity index (χ4n) is 2.03. The molecule has 0 fully saturated rings. The Bertz CT molecular complexity index is 575. The maximum atomic E-state index is 10.00. The standard InChI is InChI=1S/C20H27O7P/c1-2-25-28(26-15-17(21)13-23-19-9-5-3-6-10-19)27-16-18(22)14-24-20-11-7-4-8-12-20/h3-12,17-18,21-22H,2,13-16H2,1H3. The van der Waals surface area contributed by atoms with Crippen LogP contribution in [0.15, 0.2) is 60.7 Å². The molecular weight excluding hydrogens is 383 g/mol. The van der Waals surface area contributed by atoms with Crippen LogP contribution in [0.5, 0.6) is 11.5 Å². The molecule has 0 spiro atoms. The normalized spacial score (nSPS) is 14.2. The quantitative estimate of drug-likeness (QED) is 0.463. The Morgan fingerprint density at radius 1 is 0.679 bits per heavy atom. The first-order valence-corrected chi connectivity index (χ1v) is 10.2. The number of hydrogen-bond donors (Lipinski definition) is 2. The molecule has 2 N–H and O–H groups in total. The molecule has 2 aromatic carbocycles. The van der Waals surface area contributed by atoms with Gasteiger partial charge >= 0.3 is 8.60 Å². The maximum Gasteiger partial charge on any atom is 0.332 e. The van der Waals surface area contributed by atoms with Gasteiger partial charge in [-0.3, -0.25) is 0 Å². The minimum Gasteiger partial charge on any atom is -0.491 e. The van der Waals surface area contributed by atoms with Gasteiger partial charge in [0.2, 0.25) is 0 Å². The second kappa shape index (κ2) is 13.4. The van der Waals surface area contributed by atoms with Crippen LogP contribution in [0.25, 0.3) is 0 Å². The number of rotatable bonds is 14. The zero-order valence-electron chi connectivity index (χ0n) is 15.8. The number of benzene rings is 2. The highest BCUT2D eigenvalue weighted by Gasteiger charge is 2.18. The lowest BCUT2D eigenvalue weighted by Gasteiger charge is -2.20. The Balaban J connectivity index is 1.64. The second-order valence-electron chi connectivity index (χ2n) is 5.79.